The number of nitrogens with two attached hydrogens (primary N) is 1. The number of carbonyl (C=O) groups excluding carboxylic acids is 1. The van der Waals surface area contributed by atoms with Crippen LogP contribution in [0, 0.1) is 5.92 Å². The molecule has 0 aliphatic heterocycles. The molecule has 4 N–H and O–H groups in total. The van der Waals surface area contributed by atoms with Crippen LogP contribution in [0.3, 0.4) is 0 Å². The van der Waals surface area contributed by atoms with E-state index in [0.29, 0.717) is 12.3 Å². The largest absolute Gasteiger partial charge is 0.454 e. The van der Waals surface area contributed by atoms with Crippen LogP contribution in [0.2, 0.25) is 0 Å². The summed E-state index contributed by atoms with van der Waals surface area (Å²) in [5.74, 6) is 1.93. The highest BCUT2D eigenvalue weighted by Gasteiger charge is 2.12. The third kappa shape index (κ3) is 7.11. The van der Waals surface area contributed by atoms with E-state index in [0.717, 1.165) is 24.8 Å². The van der Waals surface area contributed by atoms with Crippen molar-refractivity contribution in [3.8, 4) is 0 Å². The lowest BCUT2D eigenvalue weighted by Crippen LogP contribution is -2.37. The first-order valence-corrected chi connectivity index (χ1v) is 8.52. The second-order valence-electron chi connectivity index (χ2n) is 6.13. The number of rotatable bonds is 7. The number of carbonyl (C=O) groups is 1. The average molecular weight is 448 g/mol. The van der Waals surface area contributed by atoms with Crippen molar-refractivity contribution >= 4 is 35.8 Å². The van der Waals surface area contributed by atoms with Crippen molar-refractivity contribution in [3.05, 3.63) is 23.7 Å². The minimum atomic E-state index is -0.554. The van der Waals surface area contributed by atoms with Crippen molar-refractivity contribution in [1.82, 2.24) is 10.6 Å². The molecule has 136 valence electrons. The molecule has 1 heterocycles. The number of guanidine groups is 1. The third-order valence-electron chi connectivity index (χ3n) is 4.36. The summed E-state index contributed by atoms with van der Waals surface area (Å²) in [4.78, 5) is 15.2. The Kier molecular flexibility index (Phi) is 9.82. The molecule has 1 aliphatic rings. The van der Waals surface area contributed by atoms with E-state index in [-0.39, 0.29) is 29.7 Å². The van der Waals surface area contributed by atoms with Crippen molar-refractivity contribution in [3.63, 3.8) is 0 Å². The molecule has 0 bridgehead atoms. The molecule has 1 fully saturated rings. The summed E-state index contributed by atoms with van der Waals surface area (Å²) in [5.41, 5.74) is 5.16. The van der Waals surface area contributed by atoms with Gasteiger partial charge in [0.1, 0.15) is 5.76 Å². The predicted molar refractivity (Wildman–Crippen MR) is 107 cm³/mol. The van der Waals surface area contributed by atoms with Crippen LogP contribution in [-0.2, 0) is 6.54 Å². The number of furan rings is 1. The van der Waals surface area contributed by atoms with E-state index in [2.05, 4.69) is 15.6 Å². The topological polar surface area (TPSA) is 92.6 Å². The molecule has 0 spiro atoms. The first-order valence-electron chi connectivity index (χ1n) is 8.52. The van der Waals surface area contributed by atoms with Gasteiger partial charge in [-0.25, -0.2) is 0 Å². The highest BCUT2D eigenvalue weighted by Crippen LogP contribution is 2.26. The van der Waals surface area contributed by atoms with Crippen molar-refractivity contribution in [2.75, 3.05) is 13.6 Å². The zero-order chi connectivity index (χ0) is 16.5. The Hall–Kier alpha value is -1.25. The van der Waals surface area contributed by atoms with Gasteiger partial charge < -0.3 is 20.8 Å². The lowest BCUT2D eigenvalue weighted by Gasteiger charge is -2.21. The molecule has 0 unspecified atom stereocenters. The SMILES string of the molecule is CN=C(NCCCC1CCCCC1)NCc1ccc(C(N)=O)o1.I. The molecule has 1 aliphatic carbocycles. The average Bonchev–Trinajstić information content (AvgIpc) is 3.04. The molecule has 24 heavy (non-hydrogen) atoms. The third-order valence-corrected chi connectivity index (χ3v) is 4.36. The normalized spacial score (nSPS) is 15.6. The van der Waals surface area contributed by atoms with E-state index < -0.39 is 5.91 Å². The Bertz CT molecular complexity index is 524. The van der Waals surface area contributed by atoms with E-state index in [4.69, 9.17) is 10.2 Å². The fraction of sp³-hybridized carbons (Fsp3) is 0.647. The molecule has 0 radical (unpaired) electrons. The minimum absolute atomic E-state index is 0. The molecule has 0 atom stereocenters. The van der Waals surface area contributed by atoms with Crippen molar-refractivity contribution in [1.29, 1.82) is 0 Å². The Balaban J connectivity index is 0.00000288. The van der Waals surface area contributed by atoms with Gasteiger partial charge in [0.15, 0.2) is 11.7 Å². The summed E-state index contributed by atoms with van der Waals surface area (Å²) in [6.07, 6.45) is 9.47. The Labute approximate surface area is 161 Å². The molecule has 0 saturated heterocycles. The lowest BCUT2D eigenvalue weighted by atomic mass is 9.86. The fourth-order valence-corrected chi connectivity index (χ4v) is 3.07. The van der Waals surface area contributed by atoms with Gasteiger partial charge in [0.25, 0.3) is 5.91 Å². The van der Waals surface area contributed by atoms with Crippen molar-refractivity contribution < 1.29 is 9.21 Å². The molecule has 1 aromatic heterocycles. The molecule has 6 nitrogen and oxygen atoms in total. The number of halogens is 1. The number of nitrogens with one attached hydrogen (secondary N) is 2. The standard InChI is InChI=1S/C17H28N4O2.HI/c1-19-17(20-11-5-8-13-6-3-2-4-7-13)21-12-14-9-10-15(23-14)16(18)22;/h9-10,13H,2-8,11-12H2,1H3,(H2,18,22)(H2,19,20,21);1H. The second-order valence-corrected chi connectivity index (χ2v) is 6.13. The monoisotopic (exact) mass is 448 g/mol. The summed E-state index contributed by atoms with van der Waals surface area (Å²) in [5, 5.41) is 6.48. The van der Waals surface area contributed by atoms with Crippen LogP contribution in [0.1, 0.15) is 61.3 Å². The van der Waals surface area contributed by atoms with Crippen LogP contribution in [0.5, 0.6) is 0 Å². The molecule has 7 heteroatoms. The molecule has 0 aromatic carbocycles. The zero-order valence-corrected chi connectivity index (χ0v) is 16.7. The zero-order valence-electron chi connectivity index (χ0n) is 14.3. The number of aliphatic imine (C=N–C) groups is 1. The number of hydrogen-bond donors (Lipinski definition) is 3. The predicted octanol–water partition coefficient (Wildman–Crippen LogP) is 3.02. The molecule has 1 saturated carbocycles. The van der Waals surface area contributed by atoms with E-state index in [9.17, 15) is 4.79 Å². The van der Waals surface area contributed by atoms with E-state index in [1.54, 1.807) is 19.2 Å². The lowest BCUT2D eigenvalue weighted by molar-refractivity contribution is 0.0972. The van der Waals surface area contributed by atoms with Gasteiger partial charge in [0.2, 0.25) is 0 Å². The van der Waals surface area contributed by atoms with Gasteiger partial charge in [0.05, 0.1) is 6.54 Å². The summed E-state index contributed by atoms with van der Waals surface area (Å²) in [7, 11) is 1.74. The molecular formula is C17H29IN4O2. The number of nitrogens with zero attached hydrogens (tertiary/aromatic N) is 1. The van der Waals surface area contributed by atoms with Crippen LogP contribution < -0.4 is 16.4 Å². The van der Waals surface area contributed by atoms with Crippen molar-refractivity contribution in [2.45, 2.75) is 51.5 Å². The minimum Gasteiger partial charge on any atom is -0.454 e. The fourth-order valence-electron chi connectivity index (χ4n) is 3.07. The molecule has 1 amide bonds. The van der Waals surface area contributed by atoms with Gasteiger partial charge in [0, 0.05) is 13.6 Å². The smallest absolute Gasteiger partial charge is 0.284 e. The van der Waals surface area contributed by atoms with Gasteiger partial charge in [-0.05, 0) is 30.9 Å². The molecule has 2 rings (SSSR count). The number of amides is 1. The Morgan fingerprint density at radius 2 is 2.04 bits per heavy atom. The van der Waals surface area contributed by atoms with Crippen LogP contribution in [-0.4, -0.2) is 25.5 Å². The first-order chi connectivity index (χ1) is 11.2. The quantitative estimate of drug-likeness (QED) is 0.259. The summed E-state index contributed by atoms with van der Waals surface area (Å²) in [6, 6.07) is 3.32. The number of primary amides is 1. The first kappa shape index (κ1) is 20.8. The second kappa shape index (κ2) is 11.3. The summed E-state index contributed by atoms with van der Waals surface area (Å²) < 4.78 is 5.33. The highest BCUT2D eigenvalue weighted by atomic mass is 127. The van der Waals surface area contributed by atoms with Gasteiger partial charge in [-0.15, -0.1) is 24.0 Å². The van der Waals surface area contributed by atoms with E-state index >= 15 is 0 Å². The highest BCUT2D eigenvalue weighted by molar-refractivity contribution is 14.0. The van der Waals surface area contributed by atoms with Crippen LogP contribution in [0.4, 0.5) is 0 Å². The van der Waals surface area contributed by atoms with Crippen LogP contribution in [0.15, 0.2) is 21.5 Å². The maximum atomic E-state index is 11.0. The van der Waals surface area contributed by atoms with Crippen molar-refractivity contribution in [2.24, 2.45) is 16.6 Å². The summed E-state index contributed by atoms with van der Waals surface area (Å²) >= 11 is 0. The molecule has 1 aromatic rings. The number of hydrogen-bond acceptors (Lipinski definition) is 3. The van der Waals surface area contributed by atoms with E-state index in [1.165, 1.54) is 38.5 Å². The van der Waals surface area contributed by atoms with Crippen LogP contribution in [0.25, 0.3) is 0 Å². The maximum absolute atomic E-state index is 11.0. The van der Waals surface area contributed by atoms with Crippen LogP contribution >= 0.6 is 24.0 Å². The molecular weight excluding hydrogens is 419 g/mol. The Morgan fingerprint density at radius 1 is 1.29 bits per heavy atom. The summed E-state index contributed by atoms with van der Waals surface area (Å²) in [6.45, 7) is 1.39. The van der Waals surface area contributed by atoms with Gasteiger partial charge in [-0.3, -0.25) is 9.79 Å². The maximum Gasteiger partial charge on any atom is 0.284 e. The Morgan fingerprint density at radius 3 is 2.67 bits per heavy atom. The van der Waals surface area contributed by atoms with E-state index in [1.807, 2.05) is 0 Å². The van der Waals surface area contributed by atoms with Gasteiger partial charge in [-0.2, -0.15) is 0 Å². The van der Waals surface area contributed by atoms with Gasteiger partial charge in [-0.1, -0.05) is 32.1 Å². The van der Waals surface area contributed by atoms with Gasteiger partial charge >= 0.3 is 0 Å².